The van der Waals surface area contributed by atoms with Gasteiger partial charge >= 0.3 is 8.25 Å². The number of fused-ring (bicyclic) bond motifs is 1. The molecule has 0 amide bonds. The van der Waals surface area contributed by atoms with E-state index in [2.05, 4.69) is 9.51 Å². The van der Waals surface area contributed by atoms with Crippen LogP contribution >= 0.6 is 8.25 Å². The van der Waals surface area contributed by atoms with Crippen LogP contribution in [0, 0.1) is 0 Å². The molecule has 0 aliphatic carbocycles. The van der Waals surface area contributed by atoms with Gasteiger partial charge in [0.2, 0.25) is 0 Å². The van der Waals surface area contributed by atoms with Crippen molar-refractivity contribution < 1.29 is 14.0 Å². The van der Waals surface area contributed by atoms with Gasteiger partial charge < -0.3 is 0 Å². The minimum absolute atomic E-state index is 0.247. The van der Waals surface area contributed by atoms with E-state index in [-0.39, 0.29) is 6.61 Å². The Kier molecular flexibility index (Phi) is 3.57. The third-order valence-electron chi connectivity index (χ3n) is 2.30. The molecule has 1 atom stereocenters. The maximum absolute atomic E-state index is 10.3. The van der Waals surface area contributed by atoms with Gasteiger partial charge in [0, 0.05) is 28.8 Å². The number of benzene rings is 1. The van der Waals surface area contributed by atoms with Gasteiger partial charge in [-0.1, -0.05) is 12.1 Å². The molecule has 4 nitrogen and oxygen atoms in total. The smallest absolute Gasteiger partial charge is 0.264 e. The van der Waals surface area contributed by atoms with Crippen molar-refractivity contribution in [3.8, 4) is 0 Å². The fourth-order valence-electron chi connectivity index (χ4n) is 1.53. The predicted octanol–water partition coefficient (Wildman–Crippen LogP) is 2.44. The Morgan fingerprint density at radius 2 is 2.19 bits per heavy atom. The summed E-state index contributed by atoms with van der Waals surface area (Å²) in [5.74, 6) is 0. The molecule has 1 aromatic heterocycles. The maximum Gasteiger partial charge on any atom is 0.694 e. The Hall–Kier alpha value is -1.35. The standard InChI is InChI=1S/C11H10NO3P/c13-16(14)15-6-4-9-1-2-10-3-5-12-8-11(10)7-9/h1-3,5,7-8H,4,6H2/p+1. The summed E-state index contributed by atoms with van der Waals surface area (Å²) in [5.41, 5.74) is 1.07. The van der Waals surface area contributed by atoms with Crippen molar-refractivity contribution in [1.29, 1.82) is 0 Å². The molecule has 0 bridgehead atoms. The van der Waals surface area contributed by atoms with E-state index in [9.17, 15) is 4.57 Å². The van der Waals surface area contributed by atoms with E-state index in [4.69, 9.17) is 4.89 Å². The lowest BCUT2D eigenvalue weighted by molar-refractivity contribution is 0.285. The molecule has 1 N–H and O–H groups in total. The Balaban J connectivity index is 2.10. The number of nitrogens with zero attached hydrogens (tertiary/aromatic N) is 1. The quantitative estimate of drug-likeness (QED) is 0.828. The molecule has 0 radical (unpaired) electrons. The summed E-state index contributed by atoms with van der Waals surface area (Å²) in [5, 5.41) is 2.20. The van der Waals surface area contributed by atoms with E-state index >= 15 is 0 Å². The first-order chi connectivity index (χ1) is 7.75. The summed E-state index contributed by atoms with van der Waals surface area (Å²) < 4.78 is 14.9. The molecule has 0 saturated carbocycles. The summed E-state index contributed by atoms with van der Waals surface area (Å²) in [6.07, 6.45) is 4.17. The minimum atomic E-state index is -2.49. The summed E-state index contributed by atoms with van der Waals surface area (Å²) >= 11 is 0. The molecular weight excluding hydrogens is 225 g/mol. The topological polar surface area (TPSA) is 59.4 Å². The highest BCUT2D eigenvalue weighted by atomic mass is 31.1. The van der Waals surface area contributed by atoms with Gasteiger partial charge in [-0.2, -0.15) is 0 Å². The Morgan fingerprint density at radius 3 is 3.00 bits per heavy atom. The van der Waals surface area contributed by atoms with Gasteiger partial charge in [-0.15, -0.1) is 9.42 Å². The molecule has 1 unspecified atom stereocenters. The van der Waals surface area contributed by atoms with Crippen molar-refractivity contribution in [3.63, 3.8) is 0 Å². The second-order valence-corrected chi connectivity index (χ2v) is 4.11. The number of pyridine rings is 1. The molecule has 16 heavy (non-hydrogen) atoms. The van der Waals surface area contributed by atoms with Gasteiger partial charge in [0.1, 0.15) is 6.61 Å². The van der Waals surface area contributed by atoms with Crippen LogP contribution in [0.15, 0.2) is 36.7 Å². The average Bonchev–Trinajstić information content (AvgIpc) is 2.28. The molecule has 0 saturated heterocycles. The highest BCUT2D eigenvalue weighted by Crippen LogP contribution is 2.17. The Bertz CT molecular complexity index is 515. The molecule has 1 heterocycles. The highest BCUT2D eigenvalue weighted by Gasteiger charge is 2.10. The molecule has 0 aliphatic rings. The lowest BCUT2D eigenvalue weighted by Crippen LogP contribution is -1.93. The third-order valence-corrected chi connectivity index (χ3v) is 2.70. The molecule has 0 spiro atoms. The van der Waals surface area contributed by atoms with Crippen LogP contribution in [-0.4, -0.2) is 16.5 Å². The molecular formula is C11H11NO3P+. The van der Waals surface area contributed by atoms with Crippen LogP contribution in [0.3, 0.4) is 0 Å². The van der Waals surface area contributed by atoms with E-state index < -0.39 is 8.25 Å². The normalized spacial score (nSPS) is 11.7. The molecule has 2 rings (SSSR count). The largest absolute Gasteiger partial charge is 0.694 e. The van der Waals surface area contributed by atoms with E-state index in [0.29, 0.717) is 6.42 Å². The van der Waals surface area contributed by atoms with Crippen LogP contribution in [0.1, 0.15) is 5.56 Å². The molecule has 2 aromatic rings. The van der Waals surface area contributed by atoms with Crippen LogP contribution < -0.4 is 0 Å². The van der Waals surface area contributed by atoms with Crippen molar-refractivity contribution in [2.45, 2.75) is 6.42 Å². The SMILES string of the molecule is O=[P+](O)OCCc1ccc2ccncc2c1. The first kappa shape index (κ1) is 11.1. The second kappa shape index (κ2) is 5.12. The Morgan fingerprint density at radius 1 is 1.31 bits per heavy atom. The zero-order valence-electron chi connectivity index (χ0n) is 8.54. The number of rotatable bonds is 4. The second-order valence-electron chi connectivity index (χ2n) is 3.38. The van der Waals surface area contributed by atoms with Gasteiger partial charge in [0.15, 0.2) is 0 Å². The van der Waals surface area contributed by atoms with Gasteiger partial charge in [-0.05, 0) is 23.1 Å². The minimum Gasteiger partial charge on any atom is -0.264 e. The van der Waals surface area contributed by atoms with Crippen molar-refractivity contribution in [2.24, 2.45) is 0 Å². The van der Waals surface area contributed by atoms with Crippen LogP contribution in [0.4, 0.5) is 0 Å². The molecule has 0 aliphatic heterocycles. The van der Waals surface area contributed by atoms with Gasteiger partial charge in [-0.25, -0.2) is 0 Å². The van der Waals surface area contributed by atoms with Crippen molar-refractivity contribution in [3.05, 3.63) is 42.2 Å². The number of hydrogen-bond donors (Lipinski definition) is 1. The fraction of sp³-hybridized carbons (Fsp3) is 0.182. The number of hydrogen-bond acceptors (Lipinski definition) is 3. The molecule has 1 aromatic carbocycles. The average molecular weight is 236 g/mol. The summed E-state index contributed by atoms with van der Waals surface area (Å²) in [6.45, 7) is 0.247. The van der Waals surface area contributed by atoms with E-state index in [1.165, 1.54) is 0 Å². The first-order valence-electron chi connectivity index (χ1n) is 4.87. The summed E-state index contributed by atoms with van der Waals surface area (Å²) in [4.78, 5) is 12.5. The Labute approximate surface area is 93.8 Å². The zero-order chi connectivity index (χ0) is 11.4. The van der Waals surface area contributed by atoms with Crippen molar-refractivity contribution >= 4 is 19.0 Å². The molecule has 0 fully saturated rings. The van der Waals surface area contributed by atoms with Crippen LogP contribution in [0.25, 0.3) is 10.8 Å². The lowest BCUT2D eigenvalue weighted by Gasteiger charge is -2.00. The highest BCUT2D eigenvalue weighted by molar-refractivity contribution is 7.32. The lowest BCUT2D eigenvalue weighted by atomic mass is 10.1. The van der Waals surface area contributed by atoms with Gasteiger partial charge in [-0.3, -0.25) is 4.98 Å². The van der Waals surface area contributed by atoms with Crippen molar-refractivity contribution in [2.75, 3.05) is 6.61 Å². The van der Waals surface area contributed by atoms with Crippen LogP contribution in [0.5, 0.6) is 0 Å². The summed E-state index contributed by atoms with van der Waals surface area (Å²) in [6, 6.07) is 7.94. The molecule has 5 heteroatoms. The molecule has 82 valence electrons. The van der Waals surface area contributed by atoms with Crippen LogP contribution in [-0.2, 0) is 15.5 Å². The fourth-order valence-corrected chi connectivity index (χ4v) is 1.78. The number of aromatic nitrogens is 1. The monoisotopic (exact) mass is 236 g/mol. The van der Waals surface area contributed by atoms with Gasteiger partial charge in [0.05, 0.1) is 0 Å². The predicted molar refractivity (Wildman–Crippen MR) is 61.2 cm³/mol. The maximum atomic E-state index is 10.3. The van der Waals surface area contributed by atoms with E-state index in [1.54, 1.807) is 12.4 Å². The van der Waals surface area contributed by atoms with E-state index in [0.717, 1.165) is 16.3 Å². The van der Waals surface area contributed by atoms with Gasteiger partial charge in [0.25, 0.3) is 0 Å². The zero-order valence-corrected chi connectivity index (χ0v) is 9.43. The third kappa shape index (κ3) is 2.83. The summed E-state index contributed by atoms with van der Waals surface area (Å²) in [7, 11) is -2.49. The van der Waals surface area contributed by atoms with E-state index in [1.807, 2.05) is 24.3 Å². The first-order valence-corrected chi connectivity index (χ1v) is 6.00. The van der Waals surface area contributed by atoms with Crippen LogP contribution in [0.2, 0.25) is 0 Å². The van der Waals surface area contributed by atoms with Crippen molar-refractivity contribution in [1.82, 2.24) is 4.98 Å².